The maximum absolute atomic E-state index is 13.9. The number of rotatable bonds is 2. The first-order valence-corrected chi connectivity index (χ1v) is 7.53. The van der Waals surface area contributed by atoms with E-state index < -0.39 is 0 Å². The van der Waals surface area contributed by atoms with Gasteiger partial charge in [0.15, 0.2) is 11.6 Å². The highest BCUT2D eigenvalue weighted by Crippen LogP contribution is 2.30. The van der Waals surface area contributed by atoms with Gasteiger partial charge < -0.3 is 9.64 Å². The predicted molar refractivity (Wildman–Crippen MR) is 79.0 cm³/mol. The van der Waals surface area contributed by atoms with Crippen molar-refractivity contribution in [2.75, 3.05) is 31.6 Å². The number of piperidine rings is 1. The molecule has 2 aliphatic rings. The van der Waals surface area contributed by atoms with Crippen LogP contribution in [-0.4, -0.2) is 43.7 Å². The van der Waals surface area contributed by atoms with Gasteiger partial charge in [-0.1, -0.05) is 6.42 Å². The molecule has 0 aliphatic carbocycles. The number of halogens is 1. The fourth-order valence-electron chi connectivity index (χ4n) is 3.55. The van der Waals surface area contributed by atoms with E-state index in [9.17, 15) is 4.39 Å². The molecule has 3 rings (SSSR count). The van der Waals surface area contributed by atoms with Crippen LogP contribution in [0.5, 0.6) is 5.75 Å². The number of ether oxygens (including phenoxy) is 1. The summed E-state index contributed by atoms with van der Waals surface area (Å²) < 4.78 is 18.9. The summed E-state index contributed by atoms with van der Waals surface area (Å²) in [5.74, 6) is 0.0426. The molecule has 3 nitrogen and oxygen atoms in total. The first kappa shape index (κ1) is 13.7. The van der Waals surface area contributed by atoms with Crippen LogP contribution in [-0.2, 0) is 0 Å². The average molecular weight is 278 g/mol. The van der Waals surface area contributed by atoms with Crippen LogP contribution in [0.3, 0.4) is 0 Å². The zero-order valence-electron chi connectivity index (χ0n) is 12.3. The normalized spacial score (nSPS) is 27.2. The molecule has 2 aliphatic heterocycles. The maximum atomic E-state index is 13.9. The van der Waals surface area contributed by atoms with Crippen LogP contribution in [0, 0.1) is 5.82 Å². The number of piperazine rings is 1. The molecular weight excluding hydrogens is 255 g/mol. The Hall–Kier alpha value is -1.29. The topological polar surface area (TPSA) is 15.7 Å². The molecule has 110 valence electrons. The van der Waals surface area contributed by atoms with E-state index >= 15 is 0 Å². The van der Waals surface area contributed by atoms with E-state index in [1.807, 2.05) is 6.07 Å². The molecule has 2 unspecified atom stereocenters. The van der Waals surface area contributed by atoms with Gasteiger partial charge in [0.2, 0.25) is 0 Å². The van der Waals surface area contributed by atoms with Gasteiger partial charge in [0.05, 0.1) is 7.11 Å². The van der Waals surface area contributed by atoms with Crippen molar-refractivity contribution in [2.24, 2.45) is 0 Å². The highest BCUT2D eigenvalue weighted by atomic mass is 19.1. The molecule has 20 heavy (non-hydrogen) atoms. The van der Waals surface area contributed by atoms with Gasteiger partial charge in [-0.15, -0.1) is 0 Å². The summed E-state index contributed by atoms with van der Waals surface area (Å²) in [6.45, 7) is 5.54. The highest BCUT2D eigenvalue weighted by Gasteiger charge is 2.33. The first-order chi connectivity index (χ1) is 9.69. The van der Waals surface area contributed by atoms with Crippen molar-refractivity contribution in [3.8, 4) is 5.75 Å². The van der Waals surface area contributed by atoms with E-state index in [-0.39, 0.29) is 5.82 Å². The van der Waals surface area contributed by atoms with Gasteiger partial charge in [0, 0.05) is 36.9 Å². The van der Waals surface area contributed by atoms with E-state index in [0.717, 1.165) is 18.8 Å². The summed E-state index contributed by atoms with van der Waals surface area (Å²) in [4.78, 5) is 4.94. The summed E-state index contributed by atoms with van der Waals surface area (Å²) in [7, 11) is 1.50. The zero-order valence-corrected chi connectivity index (χ0v) is 12.3. The van der Waals surface area contributed by atoms with Crippen LogP contribution >= 0.6 is 0 Å². The zero-order chi connectivity index (χ0) is 14.1. The van der Waals surface area contributed by atoms with Crippen LogP contribution in [0.2, 0.25) is 0 Å². The molecule has 2 fully saturated rings. The summed E-state index contributed by atoms with van der Waals surface area (Å²) in [5, 5.41) is 0. The molecule has 0 radical (unpaired) electrons. The van der Waals surface area contributed by atoms with Crippen molar-refractivity contribution in [1.82, 2.24) is 4.90 Å². The highest BCUT2D eigenvalue weighted by molar-refractivity contribution is 5.51. The summed E-state index contributed by atoms with van der Waals surface area (Å²) in [5.41, 5.74) is 0.973. The van der Waals surface area contributed by atoms with E-state index in [1.165, 1.54) is 32.9 Å². The summed E-state index contributed by atoms with van der Waals surface area (Å²) in [6, 6.07) is 6.36. The van der Waals surface area contributed by atoms with Gasteiger partial charge in [-0.05, 0) is 38.4 Å². The molecule has 4 heteroatoms. The van der Waals surface area contributed by atoms with E-state index in [1.54, 1.807) is 12.1 Å². The Morgan fingerprint density at radius 2 is 2.10 bits per heavy atom. The number of nitrogens with zero attached hydrogens (tertiary/aromatic N) is 2. The second kappa shape index (κ2) is 5.60. The van der Waals surface area contributed by atoms with Crippen molar-refractivity contribution < 1.29 is 9.13 Å². The monoisotopic (exact) mass is 278 g/mol. The molecule has 0 N–H and O–H groups in total. The Balaban J connectivity index is 1.80. The van der Waals surface area contributed by atoms with Gasteiger partial charge >= 0.3 is 0 Å². The number of anilines is 1. The van der Waals surface area contributed by atoms with Crippen molar-refractivity contribution in [1.29, 1.82) is 0 Å². The van der Waals surface area contributed by atoms with Gasteiger partial charge in [0.25, 0.3) is 0 Å². The van der Waals surface area contributed by atoms with Crippen LogP contribution in [0.15, 0.2) is 18.2 Å². The average Bonchev–Trinajstić information content (AvgIpc) is 2.46. The Bertz CT molecular complexity index is 480. The summed E-state index contributed by atoms with van der Waals surface area (Å²) >= 11 is 0. The fourth-order valence-corrected chi connectivity index (χ4v) is 3.55. The number of fused-ring (bicyclic) bond motifs is 1. The van der Waals surface area contributed by atoms with Crippen molar-refractivity contribution in [2.45, 2.75) is 38.3 Å². The largest absolute Gasteiger partial charge is 0.494 e. The van der Waals surface area contributed by atoms with Gasteiger partial charge in [-0.3, -0.25) is 4.90 Å². The maximum Gasteiger partial charge on any atom is 0.167 e. The minimum absolute atomic E-state index is 0.275. The van der Waals surface area contributed by atoms with Gasteiger partial charge in [-0.2, -0.15) is 0 Å². The van der Waals surface area contributed by atoms with E-state index in [0.29, 0.717) is 17.8 Å². The molecular formula is C16H23FN2O. The molecule has 0 spiro atoms. The predicted octanol–water partition coefficient (Wildman–Crippen LogP) is 2.90. The van der Waals surface area contributed by atoms with Crippen molar-refractivity contribution in [3.05, 3.63) is 24.0 Å². The second-order valence-electron chi connectivity index (χ2n) is 5.96. The second-order valence-corrected chi connectivity index (χ2v) is 5.96. The van der Waals surface area contributed by atoms with Crippen LogP contribution in [0.1, 0.15) is 26.2 Å². The molecule has 1 aromatic carbocycles. The fraction of sp³-hybridized carbons (Fsp3) is 0.625. The van der Waals surface area contributed by atoms with Gasteiger partial charge in [0.1, 0.15) is 0 Å². The number of benzene rings is 1. The minimum Gasteiger partial charge on any atom is -0.494 e. The molecule has 0 amide bonds. The van der Waals surface area contributed by atoms with E-state index in [4.69, 9.17) is 4.74 Å². The molecule has 2 atom stereocenters. The molecule has 2 heterocycles. The SMILES string of the molecule is COc1ccc(N2CC3CCCCN3CC2C)cc1F. The Morgan fingerprint density at radius 3 is 2.85 bits per heavy atom. The lowest BCUT2D eigenvalue weighted by Crippen LogP contribution is -2.58. The third-order valence-electron chi connectivity index (χ3n) is 4.65. The molecule has 1 aromatic rings. The summed E-state index contributed by atoms with van der Waals surface area (Å²) in [6.07, 6.45) is 3.91. The number of methoxy groups -OCH3 is 1. The lowest BCUT2D eigenvalue weighted by Gasteiger charge is -2.48. The third-order valence-corrected chi connectivity index (χ3v) is 4.65. The number of hydrogen-bond acceptors (Lipinski definition) is 3. The molecule has 0 aromatic heterocycles. The molecule has 2 saturated heterocycles. The lowest BCUT2D eigenvalue weighted by atomic mass is 9.96. The Labute approximate surface area is 120 Å². The van der Waals surface area contributed by atoms with Crippen molar-refractivity contribution >= 4 is 5.69 Å². The third kappa shape index (κ3) is 2.49. The Morgan fingerprint density at radius 1 is 1.25 bits per heavy atom. The minimum atomic E-state index is -0.275. The quantitative estimate of drug-likeness (QED) is 0.827. The molecule has 0 bridgehead atoms. The smallest absolute Gasteiger partial charge is 0.167 e. The Kier molecular flexibility index (Phi) is 3.83. The van der Waals surface area contributed by atoms with Gasteiger partial charge in [-0.25, -0.2) is 4.39 Å². The van der Waals surface area contributed by atoms with E-state index in [2.05, 4.69) is 16.7 Å². The molecule has 0 saturated carbocycles. The van der Waals surface area contributed by atoms with Crippen LogP contribution in [0.4, 0.5) is 10.1 Å². The standard InChI is InChI=1S/C16H23FN2O/c1-12-10-18-8-4-3-5-14(18)11-19(12)13-6-7-16(20-2)15(17)9-13/h6-7,9,12,14H,3-5,8,10-11H2,1-2H3. The first-order valence-electron chi connectivity index (χ1n) is 7.53. The number of hydrogen-bond donors (Lipinski definition) is 0. The van der Waals surface area contributed by atoms with Crippen molar-refractivity contribution in [3.63, 3.8) is 0 Å². The van der Waals surface area contributed by atoms with Crippen LogP contribution in [0.25, 0.3) is 0 Å². The van der Waals surface area contributed by atoms with Crippen LogP contribution < -0.4 is 9.64 Å². The lowest BCUT2D eigenvalue weighted by molar-refractivity contribution is 0.115.